The zero-order chi connectivity index (χ0) is 23.8. The third-order valence-electron chi connectivity index (χ3n) is 5.76. The number of piperazine rings is 1. The Balaban J connectivity index is 1.61. The second-order valence-electron chi connectivity index (χ2n) is 9.64. The number of halogens is 1. The molecule has 1 aliphatic heterocycles. The van der Waals surface area contributed by atoms with Gasteiger partial charge in [0.15, 0.2) is 5.82 Å². The van der Waals surface area contributed by atoms with Crippen molar-refractivity contribution in [2.75, 3.05) is 31.1 Å². The molecule has 2 heterocycles. The summed E-state index contributed by atoms with van der Waals surface area (Å²) in [4.78, 5) is 25.6. The second kappa shape index (κ2) is 8.94. The van der Waals surface area contributed by atoms with Crippen molar-refractivity contribution in [3.63, 3.8) is 0 Å². The summed E-state index contributed by atoms with van der Waals surface area (Å²) in [6.07, 6.45) is -0.635. The van der Waals surface area contributed by atoms with Crippen LogP contribution >= 0.6 is 0 Å². The molecule has 8 heteroatoms. The van der Waals surface area contributed by atoms with Crippen molar-refractivity contribution >= 4 is 22.6 Å². The minimum absolute atomic E-state index is 0.0631. The SMILES string of the molecule is CC(C)(C)CC(O)C(=O)N1CCN(c2nc(-c3ccccc3O)nc3ccc(F)cc23)CC1. The molecule has 1 amide bonds. The molecule has 3 aromatic rings. The molecule has 1 aromatic heterocycles. The van der Waals surface area contributed by atoms with E-state index in [0.717, 1.165) is 0 Å². The number of anilines is 1. The number of aliphatic hydroxyl groups excluding tert-OH is 1. The van der Waals surface area contributed by atoms with Gasteiger partial charge in [0.2, 0.25) is 0 Å². The van der Waals surface area contributed by atoms with Crippen LogP contribution in [0.4, 0.5) is 10.2 Å². The molecule has 2 aromatic carbocycles. The van der Waals surface area contributed by atoms with Gasteiger partial charge < -0.3 is 20.0 Å². The van der Waals surface area contributed by atoms with Gasteiger partial charge in [-0.2, -0.15) is 0 Å². The van der Waals surface area contributed by atoms with Gasteiger partial charge in [0, 0.05) is 31.6 Å². The summed E-state index contributed by atoms with van der Waals surface area (Å²) in [5, 5.41) is 21.2. The lowest BCUT2D eigenvalue weighted by Gasteiger charge is -2.37. The number of carbonyl (C=O) groups excluding carboxylic acids is 1. The first-order chi connectivity index (χ1) is 15.6. The van der Waals surface area contributed by atoms with Gasteiger partial charge in [0.25, 0.3) is 5.91 Å². The van der Waals surface area contributed by atoms with Crippen LogP contribution in [0.3, 0.4) is 0 Å². The number of phenolic OH excluding ortho intramolecular Hbond substituents is 1. The van der Waals surface area contributed by atoms with Crippen molar-refractivity contribution in [1.82, 2.24) is 14.9 Å². The van der Waals surface area contributed by atoms with E-state index in [9.17, 15) is 19.4 Å². The Kier molecular flexibility index (Phi) is 6.21. The number of aliphatic hydroxyl groups is 1. The maximum Gasteiger partial charge on any atom is 0.251 e. The number of hydrogen-bond donors (Lipinski definition) is 2. The number of amides is 1. The van der Waals surface area contributed by atoms with E-state index >= 15 is 0 Å². The van der Waals surface area contributed by atoms with Crippen LogP contribution in [-0.4, -0.2) is 63.3 Å². The number of hydrogen-bond acceptors (Lipinski definition) is 6. The fourth-order valence-corrected chi connectivity index (χ4v) is 4.13. The number of nitrogens with zero attached hydrogens (tertiary/aromatic N) is 4. The number of benzene rings is 2. The summed E-state index contributed by atoms with van der Waals surface area (Å²) in [6, 6.07) is 11.2. The molecule has 1 atom stereocenters. The van der Waals surface area contributed by atoms with Gasteiger partial charge in [-0.05, 0) is 42.2 Å². The van der Waals surface area contributed by atoms with Gasteiger partial charge in [-0.3, -0.25) is 4.79 Å². The zero-order valence-corrected chi connectivity index (χ0v) is 19.1. The summed E-state index contributed by atoms with van der Waals surface area (Å²) in [7, 11) is 0. The molecular weight excluding hydrogens is 423 g/mol. The molecule has 0 saturated carbocycles. The van der Waals surface area contributed by atoms with E-state index in [-0.39, 0.29) is 22.9 Å². The van der Waals surface area contributed by atoms with Crippen LogP contribution in [0.15, 0.2) is 42.5 Å². The first kappa shape index (κ1) is 22.9. The van der Waals surface area contributed by atoms with Crippen LogP contribution in [0.2, 0.25) is 0 Å². The molecule has 174 valence electrons. The van der Waals surface area contributed by atoms with Crippen LogP contribution in [0.25, 0.3) is 22.3 Å². The standard InChI is InChI=1S/C25H29FN4O3/c1-25(2,3)15-21(32)24(33)30-12-10-29(11-13-30)23-18-14-16(26)8-9-19(18)27-22(28-23)17-6-4-5-7-20(17)31/h4-9,14,21,31-32H,10-13,15H2,1-3H3. The molecular formula is C25H29FN4O3. The van der Waals surface area contributed by atoms with Crippen molar-refractivity contribution < 1.29 is 19.4 Å². The average molecular weight is 453 g/mol. The van der Waals surface area contributed by atoms with E-state index in [1.54, 1.807) is 35.2 Å². The Morgan fingerprint density at radius 1 is 1.09 bits per heavy atom. The van der Waals surface area contributed by atoms with Gasteiger partial charge in [-0.1, -0.05) is 32.9 Å². The van der Waals surface area contributed by atoms with E-state index < -0.39 is 6.10 Å². The highest BCUT2D eigenvalue weighted by atomic mass is 19.1. The highest BCUT2D eigenvalue weighted by Crippen LogP contribution is 2.32. The minimum Gasteiger partial charge on any atom is -0.507 e. The highest BCUT2D eigenvalue weighted by molar-refractivity contribution is 5.91. The molecule has 4 rings (SSSR count). The van der Waals surface area contributed by atoms with Gasteiger partial charge in [-0.25, -0.2) is 14.4 Å². The lowest BCUT2D eigenvalue weighted by atomic mass is 9.89. The molecule has 0 spiro atoms. The lowest BCUT2D eigenvalue weighted by molar-refractivity contribution is -0.142. The predicted octanol–water partition coefficient (Wildman–Crippen LogP) is 3.59. The maximum atomic E-state index is 14.1. The van der Waals surface area contributed by atoms with Gasteiger partial charge >= 0.3 is 0 Å². The third kappa shape index (κ3) is 5.06. The van der Waals surface area contributed by atoms with E-state index in [4.69, 9.17) is 0 Å². The number of aromatic hydroxyl groups is 1. The third-order valence-corrected chi connectivity index (χ3v) is 5.76. The smallest absolute Gasteiger partial charge is 0.251 e. The molecule has 33 heavy (non-hydrogen) atoms. The summed E-state index contributed by atoms with van der Waals surface area (Å²) in [6.45, 7) is 7.78. The minimum atomic E-state index is -1.03. The van der Waals surface area contributed by atoms with Crippen molar-refractivity contribution in [2.45, 2.75) is 33.3 Å². The quantitative estimate of drug-likeness (QED) is 0.629. The van der Waals surface area contributed by atoms with Crippen LogP contribution in [0.5, 0.6) is 5.75 Å². The Morgan fingerprint density at radius 3 is 2.45 bits per heavy atom. The summed E-state index contributed by atoms with van der Waals surface area (Å²) in [5.41, 5.74) is 0.906. The summed E-state index contributed by atoms with van der Waals surface area (Å²) in [5.74, 6) is 0.314. The van der Waals surface area contributed by atoms with E-state index in [2.05, 4.69) is 9.97 Å². The van der Waals surface area contributed by atoms with Crippen LogP contribution in [0.1, 0.15) is 27.2 Å². The van der Waals surface area contributed by atoms with Gasteiger partial charge in [0.05, 0.1) is 11.1 Å². The monoisotopic (exact) mass is 452 g/mol. The number of rotatable bonds is 4. The molecule has 1 saturated heterocycles. The summed E-state index contributed by atoms with van der Waals surface area (Å²) >= 11 is 0. The fraction of sp³-hybridized carbons (Fsp3) is 0.400. The number of fused-ring (bicyclic) bond motifs is 1. The van der Waals surface area contributed by atoms with Crippen LogP contribution in [-0.2, 0) is 4.79 Å². The molecule has 0 aliphatic carbocycles. The molecule has 7 nitrogen and oxygen atoms in total. The number of para-hydroxylation sites is 1. The molecule has 0 radical (unpaired) electrons. The number of aromatic nitrogens is 2. The van der Waals surface area contributed by atoms with Crippen molar-refractivity contribution in [1.29, 1.82) is 0 Å². The van der Waals surface area contributed by atoms with E-state index in [1.165, 1.54) is 12.1 Å². The molecule has 2 N–H and O–H groups in total. The zero-order valence-electron chi connectivity index (χ0n) is 19.1. The largest absolute Gasteiger partial charge is 0.507 e. The number of phenols is 1. The van der Waals surface area contributed by atoms with Crippen LogP contribution < -0.4 is 4.90 Å². The fourth-order valence-electron chi connectivity index (χ4n) is 4.13. The Hall–Kier alpha value is -3.26. The van der Waals surface area contributed by atoms with Crippen LogP contribution in [0, 0.1) is 11.2 Å². The predicted molar refractivity (Wildman–Crippen MR) is 125 cm³/mol. The van der Waals surface area contributed by atoms with E-state index in [1.807, 2.05) is 25.7 Å². The van der Waals surface area contributed by atoms with Gasteiger partial charge in [0.1, 0.15) is 23.5 Å². The Morgan fingerprint density at radius 2 is 1.79 bits per heavy atom. The average Bonchev–Trinajstić information content (AvgIpc) is 2.77. The molecule has 1 fully saturated rings. The lowest BCUT2D eigenvalue weighted by Crippen LogP contribution is -2.52. The van der Waals surface area contributed by atoms with Gasteiger partial charge in [-0.15, -0.1) is 0 Å². The Bertz CT molecular complexity index is 1170. The van der Waals surface area contributed by atoms with Crippen molar-refractivity contribution in [3.8, 4) is 17.1 Å². The summed E-state index contributed by atoms with van der Waals surface area (Å²) < 4.78 is 14.1. The van der Waals surface area contributed by atoms with Crippen molar-refractivity contribution in [2.24, 2.45) is 5.41 Å². The topological polar surface area (TPSA) is 89.8 Å². The highest BCUT2D eigenvalue weighted by Gasteiger charge is 2.30. The first-order valence-electron chi connectivity index (χ1n) is 11.1. The molecule has 1 aliphatic rings. The number of carbonyl (C=O) groups is 1. The second-order valence-corrected chi connectivity index (χ2v) is 9.64. The molecule has 0 bridgehead atoms. The van der Waals surface area contributed by atoms with Crippen molar-refractivity contribution in [3.05, 3.63) is 48.3 Å². The maximum absolute atomic E-state index is 14.1. The Labute approximate surface area is 192 Å². The molecule has 1 unspecified atom stereocenters. The first-order valence-corrected chi connectivity index (χ1v) is 11.1. The van der Waals surface area contributed by atoms with E-state index in [0.29, 0.717) is 60.7 Å². The normalized spacial score (nSPS) is 15.7.